The zero-order valence-corrected chi connectivity index (χ0v) is 11.9. The molecule has 5 heteroatoms. The van der Waals surface area contributed by atoms with Crippen LogP contribution in [-0.4, -0.2) is 38.6 Å². The van der Waals surface area contributed by atoms with Gasteiger partial charge in [0.2, 0.25) is 10.0 Å². The molecule has 0 saturated heterocycles. The van der Waals surface area contributed by atoms with Crippen molar-refractivity contribution >= 4 is 10.0 Å². The molecular weight excluding hydrogens is 248 g/mol. The molecule has 0 fully saturated rings. The van der Waals surface area contributed by atoms with Crippen molar-refractivity contribution in [1.29, 1.82) is 0 Å². The molecule has 0 radical (unpaired) electrons. The predicted octanol–water partition coefficient (Wildman–Crippen LogP) is 1.45. The van der Waals surface area contributed by atoms with Crippen LogP contribution in [0.1, 0.15) is 18.9 Å². The minimum atomic E-state index is -3.15. The predicted molar refractivity (Wildman–Crippen MR) is 74.9 cm³/mol. The van der Waals surface area contributed by atoms with Crippen LogP contribution in [0.2, 0.25) is 0 Å². The molecule has 0 bridgehead atoms. The van der Waals surface area contributed by atoms with Gasteiger partial charge in [-0.15, -0.1) is 0 Å². The Kier molecular flexibility index (Phi) is 6.32. The van der Waals surface area contributed by atoms with E-state index in [-0.39, 0.29) is 5.75 Å². The first-order valence-electron chi connectivity index (χ1n) is 6.25. The molecule has 0 heterocycles. The Balaban J connectivity index is 2.46. The standard InChI is InChI=1S/C13H22N2O2S/c1-3-14-10-7-11-18(16,17)15(2)12-13-8-5-4-6-9-13/h4-6,8-9,14H,3,7,10-12H2,1-2H3. The maximum atomic E-state index is 12.0. The van der Waals surface area contributed by atoms with Crippen LogP contribution in [0.4, 0.5) is 0 Å². The fourth-order valence-corrected chi connectivity index (χ4v) is 2.82. The first kappa shape index (κ1) is 15.1. The van der Waals surface area contributed by atoms with E-state index in [1.807, 2.05) is 37.3 Å². The summed E-state index contributed by atoms with van der Waals surface area (Å²) >= 11 is 0. The van der Waals surface area contributed by atoms with Crippen LogP contribution in [0.25, 0.3) is 0 Å². The minimum Gasteiger partial charge on any atom is -0.317 e. The molecule has 0 amide bonds. The van der Waals surface area contributed by atoms with E-state index in [0.717, 1.165) is 18.7 Å². The van der Waals surface area contributed by atoms with Gasteiger partial charge in [-0.3, -0.25) is 0 Å². The highest BCUT2D eigenvalue weighted by Gasteiger charge is 2.17. The Labute approximate surface area is 110 Å². The minimum absolute atomic E-state index is 0.198. The van der Waals surface area contributed by atoms with E-state index in [4.69, 9.17) is 0 Å². The van der Waals surface area contributed by atoms with E-state index in [2.05, 4.69) is 5.32 Å². The van der Waals surface area contributed by atoms with E-state index < -0.39 is 10.0 Å². The summed E-state index contributed by atoms with van der Waals surface area (Å²) in [6, 6.07) is 9.63. The fraction of sp³-hybridized carbons (Fsp3) is 0.538. The normalized spacial score (nSPS) is 11.9. The third-order valence-electron chi connectivity index (χ3n) is 2.73. The Hall–Kier alpha value is -0.910. The summed E-state index contributed by atoms with van der Waals surface area (Å²) in [7, 11) is -1.51. The van der Waals surface area contributed by atoms with E-state index >= 15 is 0 Å². The van der Waals surface area contributed by atoms with Gasteiger partial charge in [-0.1, -0.05) is 37.3 Å². The highest BCUT2D eigenvalue weighted by atomic mass is 32.2. The molecule has 1 rings (SSSR count). The number of nitrogens with zero attached hydrogens (tertiary/aromatic N) is 1. The van der Waals surface area contributed by atoms with Crippen LogP contribution in [0, 0.1) is 0 Å². The second-order valence-electron chi connectivity index (χ2n) is 4.26. The van der Waals surface area contributed by atoms with E-state index in [9.17, 15) is 8.42 Å². The molecule has 0 aliphatic rings. The Morgan fingerprint density at radius 2 is 1.89 bits per heavy atom. The first-order valence-corrected chi connectivity index (χ1v) is 7.86. The summed E-state index contributed by atoms with van der Waals surface area (Å²) in [5.41, 5.74) is 1.01. The van der Waals surface area contributed by atoms with Crippen molar-refractivity contribution < 1.29 is 8.42 Å². The molecule has 0 atom stereocenters. The molecular formula is C13H22N2O2S. The lowest BCUT2D eigenvalue weighted by atomic mass is 10.2. The third kappa shape index (κ3) is 5.16. The molecule has 102 valence electrons. The summed E-state index contributed by atoms with van der Waals surface area (Å²) in [4.78, 5) is 0. The van der Waals surface area contributed by atoms with Crippen molar-refractivity contribution in [2.45, 2.75) is 19.9 Å². The van der Waals surface area contributed by atoms with Crippen LogP contribution in [0.3, 0.4) is 0 Å². The SMILES string of the molecule is CCNCCCS(=O)(=O)N(C)Cc1ccccc1. The van der Waals surface area contributed by atoms with Crippen LogP contribution in [0.5, 0.6) is 0 Å². The average molecular weight is 270 g/mol. The topological polar surface area (TPSA) is 49.4 Å². The van der Waals surface area contributed by atoms with E-state index in [0.29, 0.717) is 13.0 Å². The first-order chi connectivity index (χ1) is 8.56. The van der Waals surface area contributed by atoms with Crippen molar-refractivity contribution in [3.05, 3.63) is 35.9 Å². The Morgan fingerprint density at radius 1 is 1.22 bits per heavy atom. The number of rotatable bonds is 8. The van der Waals surface area contributed by atoms with Gasteiger partial charge in [0.25, 0.3) is 0 Å². The van der Waals surface area contributed by atoms with Crippen molar-refractivity contribution in [3.8, 4) is 0 Å². The number of benzene rings is 1. The van der Waals surface area contributed by atoms with Crippen molar-refractivity contribution in [2.24, 2.45) is 0 Å². The summed E-state index contributed by atoms with van der Waals surface area (Å²) in [5, 5.41) is 3.13. The lowest BCUT2D eigenvalue weighted by Gasteiger charge is -2.17. The van der Waals surface area contributed by atoms with Gasteiger partial charge in [-0.05, 0) is 25.1 Å². The maximum Gasteiger partial charge on any atom is 0.214 e. The van der Waals surface area contributed by atoms with Crippen LogP contribution in [0.15, 0.2) is 30.3 Å². The van der Waals surface area contributed by atoms with Gasteiger partial charge in [0.15, 0.2) is 0 Å². The molecule has 4 nitrogen and oxygen atoms in total. The van der Waals surface area contributed by atoms with Crippen molar-refractivity contribution in [2.75, 3.05) is 25.9 Å². The molecule has 0 unspecified atom stereocenters. The van der Waals surface area contributed by atoms with Crippen LogP contribution in [-0.2, 0) is 16.6 Å². The molecule has 1 aromatic carbocycles. The maximum absolute atomic E-state index is 12.0. The smallest absolute Gasteiger partial charge is 0.214 e. The number of hydrogen-bond donors (Lipinski definition) is 1. The van der Waals surface area contributed by atoms with Gasteiger partial charge in [-0.25, -0.2) is 12.7 Å². The molecule has 1 N–H and O–H groups in total. The summed E-state index contributed by atoms with van der Waals surface area (Å²) in [5.74, 6) is 0.198. The average Bonchev–Trinajstić information content (AvgIpc) is 2.36. The molecule has 0 aliphatic heterocycles. The fourth-order valence-electron chi connectivity index (χ4n) is 1.65. The quantitative estimate of drug-likeness (QED) is 0.727. The Morgan fingerprint density at radius 3 is 2.50 bits per heavy atom. The van der Waals surface area contributed by atoms with Gasteiger partial charge in [-0.2, -0.15) is 0 Å². The number of sulfonamides is 1. The van der Waals surface area contributed by atoms with Gasteiger partial charge in [0.1, 0.15) is 0 Å². The highest BCUT2D eigenvalue weighted by molar-refractivity contribution is 7.89. The molecule has 0 saturated carbocycles. The Bertz CT molecular complexity index is 432. The largest absolute Gasteiger partial charge is 0.317 e. The number of hydrogen-bond acceptors (Lipinski definition) is 3. The van der Waals surface area contributed by atoms with Crippen molar-refractivity contribution in [3.63, 3.8) is 0 Å². The van der Waals surface area contributed by atoms with Gasteiger partial charge < -0.3 is 5.32 Å². The molecule has 1 aromatic rings. The molecule has 0 aromatic heterocycles. The van der Waals surface area contributed by atoms with Gasteiger partial charge >= 0.3 is 0 Å². The third-order valence-corrected chi connectivity index (χ3v) is 4.61. The summed E-state index contributed by atoms with van der Waals surface area (Å²) < 4.78 is 25.4. The summed E-state index contributed by atoms with van der Waals surface area (Å²) in [6.07, 6.45) is 0.648. The summed E-state index contributed by atoms with van der Waals surface area (Å²) in [6.45, 7) is 4.06. The zero-order chi connectivity index (χ0) is 13.4. The number of nitrogens with one attached hydrogen (secondary N) is 1. The van der Waals surface area contributed by atoms with E-state index in [1.165, 1.54) is 4.31 Å². The monoisotopic (exact) mass is 270 g/mol. The molecule has 18 heavy (non-hydrogen) atoms. The van der Waals surface area contributed by atoms with Gasteiger partial charge in [0, 0.05) is 13.6 Å². The van der Waals surface area contributed by atoms with E-state index in [1.54, 1.807) is 7.05 Å². The van der Waals surface area contributed by atoms with Gasteiger partial charge in [0.05, 0.1) is 5.75 Å². The molecule has 0 aliphatic carbocycles. The lowest BCUT2D eigenvalue weighted by molar-refractivity contribution is 0.464. The van der Waals surface area contributed by atoms with Crippen LogP contribution < -0.4 is 5.32 Å². The highest BCUT2D eigenvalue weighted by Crippen LogP contribution is 2.08. The van der Waals surface area contributed by atoms with Crippen LogP contribution >= 0.6 is 0 Å². The second-order valence-corrected chi connectivity index (χ2v) is 6.46. The zero-order valence-electron chi connectivity index (χ0n) is 11.1. The molecule has 0 spiro atoms. The lowest BCUT2D eigenvalue weighted by Crippen LogP contribution is -2.30. The van der Waals surface area contributed by atoms with Crippen molar-refractivity contribution in [1.82, 2.24) is 9.62 Å². The second kappa shape index (κ2) is 7.51.